The van der Waals surface area contributed by atoms with Crippen LogP contribution in [-0.4, -0.2) is 37.7 Å². The largest absolute Gasteiger partial charge is 0.469 e. The van der Waals surface area contributed by atoms with Crippen molar-refractivity contribution in [3.63, 3.8) is 0 Å². The van der Waals surface area contributed by atoms with Crippen molar-refractivity contribution in [3.8, 4) is 0 Å². The second kappa shape index (κ2) is 7.32. The minimum Gasteiger partial charge on any atom is -0.469 e. The Kier molecular flexibility index (Phi) is 5.99. The first-order chi connectivity index (χ1) is 7.76. The molecule has 0 bridgehead atoms. The van der Waals surface area contributed by atoms with Crippen LogP contribution in [0.4, 0.5) is 0 Å². The summed E-state index contributed by atoms with van der Waals surface area (Å²) in [6.07, 6.45) is 1.12. The number of hydrogen-bond donors (Lipinski definition) is 2. The fourth-order valence-electron chi connectivity index (χ4n) is 1.19. The molecule has 0 spiro atoms. The fourth-order valence-corrected chi connectivity index (χ4v) is 1.99. The van der Waals surface area contributed by atoms with Gasteiger partial charge in [-0.05, 0) is 0 Å². The quantitative estimate of drug-likeness (QED) is 0.518. The molecule has 6 heteroatoms. The summed E-state index contributed by atoms with van der Waals surface area (Å²) < 4.78 is 4.58. The molecule has 0 saturated carbocycles. The van der Waals surface area contributed by atoms with E-state index in [1.54, 1.807) is 11.3 Å². The van der Waals surface area contributed by atoms with E-state index in [9.17, 15) is 4.79 Å². The highest BCUT2D eigenvalue weighted by atomic mass is 32.1. The van der Waals surface area contributed by atoms with E-state index in [0.717, 1.165) is 30.2 Å². The normalized spacial score (nSPS) is 10.4. The predicted molar refractivity (Wildman–Crippen MR) is 63.5 cm³/mol. The lowest BCUT2D eigenvalue weighted by Crippen LogP contribution is -2.24. The summed E-state index contributed by atoms with van der Waals surface area (Å²) >= 11 is 1.57. The van der Waals surface area contributed by atoms with E-state index in [1.165, 1.54) is 7.11 Å². The van der Waals surface area contributed by atoms with Gasteiger partial charge in [0.05, 0.1) is 24.2 Å². The summed E-state index contributed by atoms with van der Waals surface area (Å²) in [5, 5.41) is 6.12. The van der Waals surface area contributed by atoms with Gasteiger partial charge in [-0.15, -0.1) is 11.3 Å². The molecule has 0 radical (unpaired) electrons. The predicted octanol–water partition coefficient (Wildman–Crippen LogP) is -0.0506. The van der Waals surface area contributed by atoms with Gasteiger partial charge in [-0.25, -0.2) is 4.98 Å². The SMILES string of the molecule is COC(=O)Cc1csc(CCNCCN)n1. The van der Waals surface area contributed by atoms with Crippen LogP contribution in [0.5, 0.6) is 0 Å². The topological polar surface area (TPSA) is 77.2 Å². The van der Waals surface area contributed by atoms with E-state index in [0.29, 0.717) is 6.54 Å². The summed E-state index contributed by atoms with van der Waals surface area (Å²) in [6, 6.07) is 0. The standard InChI is InChI=1S/C10H17N3O2S/c1-15-10(14)6-8-7-16-9(13-8)2-4-12-5-3-11/h7,12H,2-6,11H2,1H3. The highest BCUT2D eigenvalue weighted by molar-refractivity contribution is 7.09. The Morgan fingerprint density at radius 3 is 3.12 bits per heavy atom. The third-order valence-electron chi connectivity index (χ3n) is 1.99. The third kappa shape index (κ3) is 4.69. The van der Waals surface area contributed by atoms with Crippen molar-refractivity contribution >= 4 is 17.3 Å². The van der Waals surface area contributed by atoms with E-state index >= 15 is 0 Å². The molecule has 1 heterocycles. The molecule has 1 rings (SSSR count). The van der Waals surface area contributed by atoms with Gasteiger partial charge < -0.3 is 15.8 Å². The Labute approximate surface area is 99.0 Å². The zero-order chi connectivity index (χ0) is 11.8. The molecular weight excluding hydrogens is 226 g/mol. The van der Waals surface area contributed by atoms with E-state index in [4.69, 9.17) is 5.73 Å². The van der Waals surface area contributed by atoms with E-state index in [2.05, 4.69) is 15.0 Å². The highest BCUT2D eigenvalue weighted by Gasteiger charge is 2.07. The number of hydrogen-bond acceptors (Lipinski definition) is 6. The van der Waals surface area contributed by atoms with E-state index in [1.807, 2.05) is 5.38 Å². The number of carbonyl (C=O) groups excluding carboxylic acids is 1. The number of rotatable bonds is 7. The Morgan fingerprint density at radius 1 is 1.62 bits per heavy atom. The maximum absolute atomic E-state index is 11.0. The average molecular weight is 243 g/mol. The number of nitrogens with two attached hydrogens (primary N) is 1. The Hall–Kier alpha value is -0.980. The second-order valence-electron chi connectivity index (χ2n) is 3.27. The van der Waals surface area contributed by atoms with Crippen molar-refractivity contribution in [2.45, 2.75) is 12.8 Å². The average Bonchev–Trinajstić information content (AvgIpc) is 2.72. The van der Waals surface area contributed by atoms with Crippen molar-refractivity contribution in [3.05, 3.63) is 16.1 Å². The van der Waals surface area contributed by atoms with Crippen molar-refractivity contribution in [1.29, 1.82) is 0 Å². The van der Waals surface area contributed by atoms with Crippen LogP contribution in [0, 0.1) is 0 Å². The molecule has 1 aromatic heterocycles. The third-order valence-corrected chi connectivity index (χ3v) is 2.95. The highest BCUT2D eigenvalue weighted by Crippen LogP contribution is 2.10. The number of methoxy groups -OCH3 is 1. The summed E-state index contributed by atoms with van der Waals surface area (Å²) in [5.41, 5.74) is 6.14. The molecule has 5 nitrogen and oxygen atoms in total. The Morgan fingerprint density at radius 2 is 2.44 bits per heavy atom. The van der Waals surface area contributed by atoms with Gasteiger partial charge in [0, 0.05) is 31.4 Å². The maximum atomic E-state index is 11.0. The van der Waals surface area contributed by atoms with Crippen LogP contribution in [0.15, 0.2) is 5.38 Å². The van der Waals surface area contributed by atoms with Crippen molar-refractivity contribution in [2.75, 3.05) is 26.7 Å². The maximum Gasteiger partial charge on any atom is 0.311 e. The van der Waals surface area contributed by atoms with Crippen LogP contribution in [0.3, 0.4) is 0 Å². The van der Waals surface area contributed by atoms with Crippen LogP contribution in [0.2, 0.25) is 0 Å². The molecule has 0 atom stereocenters. The van der Waals surface area contributed by atoms with Gasteiger partial charge in [-0.2, -0.15) is 0 Å². The molecule has 0 aromatic carbocycles. The molecule has 0 saturated heterocycles. The van der Waals surface area contributed by atoms with Crippen LogP contribution < -0.4 is 11.1 Å². The second-order valence-corrected chi connectivity index (χ2v) is 4.22. The molecule has 0 fully saturated rings. The smallest absolute Gasteiger partial charge is 0.311 e. The number of esters is 1. The molecule has 1 aromatic rings. The molecule has 90 valence electrons. The van der Waals surface area contributed by atoms with Gasteiger partial charge in [0.25, 0.3) is 0 Å². The Balaban J connectivity index is 2.30. The lowest BCUT2D eigenvalue weighted by Gasteiger charge is -1.99. The zero-order valence-electron chi connectivity index (χ0n) is 9.36. The molecule has 0 aliphatic carbocycles. The first-order valence-corrected chi connectivity index (χ1v) is 6.05. The van der Waals surface area contributed by atoms with Gasteiger partial charge >= 0.3 is 5.97 Å². The zero-order valence-corrected chi connectivity index (χ0v) is 10.2. The van der Waals surface area contributed by atoms with E-state index in [-0.39, 0.29) is 12.4 Å². The number of thiazole rings is 1. The van der Waals surface area contributed by atoms with Gasteiger partial charge in [-0.1, -0.05) is 0 Å². The van der Waals surface area contributed by atoms with E-state index < -0.39 is 0 Å². The lowest BCUT2D eigenvalue weighted by atomic mass is 10.3. The first kappa shape index (κ1) is 13.1. The minimum atomic E-state index is -0.252. The first-order valence-electron chi connectivity index (χ1n) is 5.17. The number of carbonyl (C=O) groups is 1. The van der Waals surface area contributed by atoms with Gasteiger partial charge in [-0.3, -0.25) is 4.79 Å². The number of aromatic nitrogens is 1. The lowest BCUT2D eigenvalue weighted by molar-refractivity contribution is -0.139. The molecular formula is C10H17N3O2S. The molecule has 0 aliphatic heterocycles. The Bertz CT molecular complexity index is 328. The van der Waals surface area contributed by atoms with Gasteiger partial charge in [0.1, 0.15) is 0 Å². The molecule has 0 aliphatic rings. The van der Waals surface area contributed by atoms with Crippen molar-refractivity contribution in [1.82, 2.24) is 10.3 Å². The fraction of sp³-hybridized carbons (Fsp3) is 0.600. The molecule has 0 amide bonds. The molecule has 16 heavy (non-hydrogen) atoms. The van der Waals surface area contributed by atoms with Crippen LogP contribution in [-0.2, 0) is 22.4 Å². The summed E-state index contributed by atoms with van der Waals surface area (Å²) in [5.74, 6) is -0.252. The number of nitrogens with zero attached hydrogens (tertiary/aromatic N) is 1. The van der Waals surface area contributed by atoms with Gasteiger partial charge in [0.2, 0.25) is 0 Å². The van der Waals surface area contributed by atoms with Crippen LogP contribution in [0.1, 0.15) is 10.7 Å². The van der Waals surface area contributed by atoms with Crippen LogP contribution in [0.25, 0.3) is 0 Å². The number of nitrogens with one attached hydrogen (secondary N) is 1. The number of ether oxygens (including phenoxy) is 1. The van der Waals surface area contributed by atoms with Crippen LogP contribution >= 0.6 is 11.3 Å². The summed E-state index contributed by atoms with van der Waals surface area (Å²) in [4.78, 5) is 15.3. The monoisotopic (exact) mass is 243 g/mol. The van der Waals surface area contributed by atoms with Gasteiger partial charge in [0.15, 0.2) is 0 Å². The van der Waals surface area contributed by atoms with Crippen molar-refractivity contribution < 1.29 is 9.53 Å². The summed E-state index contributed by atoms with van der Waals surface area (Å²) in [7, 11) is 1.38. The molecule has 3 N–H and O–H groups in total. The molecule has 0 unspecified atom stereocenters. The van der Waals surface area contributed by atoms with Crippen molar-refractivity contribution in [2.24, 2.45) is 5.73 Å². The minimum absolute atomic E-state index is 0.252. The summed E-state index contributed by atoms with van der Waals surface area (Å²) in [6.45, 7) is 2.33.